The molecule has 1 fully saturated rings. The standard InChI is InChI=1S/C15H14BrFN6O3/c16-10-7-9(1-2-11(10)17)23-14(22-25-15(23)24)12-13(21-26-20-12)19-8-3-5-18-6-4-8/h1-2,7-8,18H,3-6H2,(H,19,21). The minimum Gasteiger partial charge on any atom is -0.362 e. The van der Waals surface area contributed by atoms with Crippen LogP contribution in [-0.2, 0) is 0 Å². The Hall–Kier alpha value is -2.53. The monoisotopic (exact) mass is 424 g/mol. The number of hydrogen-bond acceptors (Lipinski definition) is 8. The largest absolute Gasteiger partial charge is 0.446 e. The lowest BCUT2D eigenvalue weighted by atomic mass is 10.1. The van der Waals surface area contributed by atoms with Gasteiger partial charge in [-0.15, -0.1) is 0 Å². The Kier molecular flexibility index (Phi) is 4.55. The maximum absolute atomic E-state index is 13.5. The fourth-order valence-electron chi connectivity index (χ4n) is 2.84. The van der Waals surface area contributed by atoms with E-state index in [4.69, 9.17) is 9.15 Å². The average Bonchev–Trinajstić information content (AvgIpc) is 3.24. The summed E-state index contributed by atoms with van der Waals surface area (Å²) in [7, 11) is 0. The molecule has 0 spiro atoms. The Labute approximate surface area is 154 Å². The van der Waals surface area contributed by atoms with Crippen LogP contribution in [0.1, 0.15) is 12.8 Å². The third-order valence-electron chi connectivity index (χ3n) is 4.15. The molecule has 0 bridgehead atoms. The van der Waals surface area contributed by atoms with Crippen LogP contribution in [0.25, 0.3) is 17.2 Å². The predicted octanol–water partition coefficient (Wildman–Crippen LogP) is 1.94. The van der Waals surface area contributed by atoms with Gasteiger partial charge in [0.25, 0.3) is 0 Å². The van der Waals surface area contributed by atoms with Gasteiger partial charge in [-0.3, -0.25) is 4.52 Å². The van der Waals surface area contributed by atoms with Gasteiger partial charge in [0.05, 0.1) is 10.2 Å². The third-order valence-corrected chi connectivity index (χ3v) is 4.75. The number of anilines is 1. The van der Waals surface area contributed by atoms with Crippen LogP contribution in [0, 0.1) is 5.82 Å². The van der Waals surface area contributed by atoms with Crippen molar-refractivity contribution in [2.24, 2.45) is 0 Å². The lowest BCUT2D eigenvalue weighted by Crippen LogP contribution is -2.35. The van der Waals surface area contributed by atoms with Crippen molar-refractivity contribution in [1.29, 1.82) is 0 Å². The molecule has 1 saturated heterocycles. The molecule has 136 valence electrons. The number of rotatable bonds is 4. The van der Waals surface area contributed by atoms with Gasteiger partial charge in [0.2, 0.25) is 11.6 Å². The quantitative estimate of drug-likeness (QED) is 0.653. The van der Waals surface area contributed by atoms with Crippen molar-refractivity contribution in [3.05, 3.63) is 39.0 Å². The van der Waals surface area contributed by atoms with E-state index in [1.807, 2.05) is 0 Å². The molecule has 1 aliphatic heterocycles. The van der Waals surface area contributed by atoms with Crippen LogP contribution < -0.4 is 16.4 Å². The highest BCUT2D eigenvalue weighted by molar-refractivity contribution is 9.10. The summed E-state index contributed by atoms with van der Waals surface area (Å²) in [6.07, 6.45) is 1.84. The van der Waals surface area contributed by atoms with Crippen molar-refractivity contribution in [2.45, 2.75) is 18.9 Å². The van der Waals surface area contributed by atoms with E-state index in [0.717, 1.165) is 25.9 Å². The van der Waals surface area contributed by atoms with Crippen molar-refractivity contribution in [1.82, 2.24) is 25.4 Å². The molecule has 0 amide bonds. The van der Waals surface area contributed by atoms with Crippen molar-refractivity contribution < 1.29 is 13.5 Å². The number of benzene rings is 1. The Morgan fingerprint density at radius 3 is 2.85 bits per heavy atom. The molecule has 2 N–H and O–H groups in total. The van der Waals surface area contributed by atoms with Gasteiger partial charge in [0.1, 0.15) is 5.82 Å². The molecule has 0 radical (unpaired) electrons. The molecular formula is C15H14BrFN6O3. The van der Waals surface area contributed by atoms with E-state index in [9.17, 15) is 9.18 Å². The van der Waals surface area contributed by atoms with E-state index in [-0.39, 0.29) is 22.0 Å². The number of hydrogen-bond donors (Lipinski definition) is 2. The number of piperidine rings is 1. The Balaban J connectivity index is 1.72. The summed E-state index contributed by atoms with van der Waals surface area (Å²) in [4.78, 5) is 12.2. The summed E-state index contributed by atoms with van der Waals surface area (Å²) in [5.41, 5.74) is 0.616. The summed E-state index contributed by atoms with van der Waals surface area (Å²) in [5.74, 6) is -0.684. The second-order valence-electron chi connectivity index (χ2n) is 5.84. The maximum atomic E-state index is 13.5. The highest BCUT2D eigenvalue weighted by Gasteiger charge is 2.25. The number of aromatic nitrogens is 4. The van der Waals surface area contributed by atoms with Crippen molar-refractivity contribution in [2.75, 3.05) is 18.4 Å². The zero-order valence-electron chi connectivity index (χ0n) is 13.4. The van der Waals surface area contributed by atoms with Crippen molar-refractivity contribution in [3.8, 4) is 17.2 Å². The Morgan fingerprint density at radius 2 is 2.08 bits per heavy atom. The molecular weight excluding hydrogens is 411 g/mol. The highest BCUT2D eigenvalue weighted by Crippen LogP contribution is 2.27. The van der Waals surface area contributed by atoms with Gasteiger partial charge in [-0.25, -0.2) is 18.4 Å². The second-order valence-corrected chi connectivity index (χ2v) is 6.69. The van der Waals surface area contributed by atoms with Crippen LogP contribution in [0.3, 0.4) is 0 Å². The van der Waals surface area contributed by atoms with Gasteiger partial charge in [-0.1, -0.05) is 5.16 Å². The summed E-state index contributed by atoms with van der Waals surface area (Å²) in [6.45, 7) is 1.80. The van der Waals surface area contributed by atoms with E-state index in [0.29, 0.717) is 11.5 Å². The topological polar surface area (TPSA) is 111 Å². The Morgan fingerprint density at radius 1 is 1.27 bits per heavy atom. The first-order valence-corrected chi connectivity index (χ1v) is 8.77. The van der Waals surface area contributed by atoms with E-state index < -0.39 is 11.6 Å². The minimum absolute atomic E-state index is 0.117. The number of nitrogens with one attached hydrogen (secondary N) is 2. The van der Waals surface area contributed by atoms with Gasteiger partial charge in [-0.05, 0) is 70.4 Å². The van der Waals surface area contributed by atoms with Crippen LogP contribution in [0.4, 0.5) is 10.2 Å². The molecule has 1 aromatic carbocycles. The first-order chi connectivity index (χ1) is 12.6. The van der Waals surface area contributed by atoms with E-state index in [1.54, 1.807) is 0 Å². The zero-order chi connectivity index (χ0) is 18.1. The zero-order valence-corrected chi connectivity index (χ0v) is 15.0. The summed E-state index contributed by atoms with van der Waals surface area (Å²) in [6, 6.07) is 4.33. The lowest BCUT2D eigenvalue weighted by Gasteiger charge is -2.23. The number of nitrogens with zero attached hydrogens (tertiary/aromatic N) is 4. The SMILES string of the molecule is O=c1onc(-c2nonc2NC2CCNCC2)n1-c1ccc(F)c(Br)c1. The van der Waals surface area contributed by atoms with Gasteiger partial charge in [-0.2, -0.15) is 0 Å². The van der Waals surface area contributed by atoms with E-state index in [2.05, 4.69) is 42.0 Å². The summed E-state index contributed by atoms with van der Waals surface area (Å²) >= 11 is 3.10. The van der Waals surface area contributed by atoms with E-state index in [1.165, 1.54) is 22.8 Å². The molecule has 26 heavy (non-hydrogen) atoms. The van der Waals surface area contributed by atoms with Crippen LogP contribution in [0.5, 0.6) is 0 Å². The smallest absolute Gasteiger partial charge is 0.362 e. The molecule has 9 nitrogen and oxygen atoms in total. The second kappa shape index (κ2) is 7.00. The maximum Gasteiger partial charge on any atom is 0.446 e. The normalized spacial score (nSPS) is 15.3. The fourth-order valence-corrected chi connectivity index (χ4v) is 3.21. The molecule has 1 aliphatic rings. The molecule has 11 heteroatoms. The average molecular weight is 425 g/mol. The van der Waals surface area contributed by atoms with Gasteiger partial charge in [0, 0.05) is 6.04 Å². The molecule has 3 heterocycles. The molecule has 3 aromatic rings. The first kappa shape index (κ1) is 16.9. The lowest BCUT2D eigenvalue weighted by molar-refractivity contribution is 0.309. The molecule has 2 aromatic heterocycles. The van der Waals surface area contributed by atoms with Gasteiger partial charge >= 0.3 is 5.76 Å². The molecule has 0 unspecified atom stereocenters. The van der Waals surface area contributed by atoms with Crippen LogP contribution in [0.2, 0.25) is 0 Å². The van der Waals surface area contributed by atoms with Gasteiger partial charge < -0.3 is 10.6 Å². The van der Waals surface area contributed by atoms with Crippen LogP contribution in [0.15, 0.2) is 36.6 Å². The van der Waals surface area contributed by atoms with Crippen molar-refractivity contribution in [3.63, 3.8) is 0 Å². The molecule has 4 rings (SSSR count). The Bertz CT molecular complexity index is 978. The molecule has 0 atom stereocenters. The predicted molar refractivity (Wildman–Crippen MR) is 92.6 cm³/mol. The van der Waals surface area contributed by atoms with Crippen molar-refractivity contribution >= 4 is 21.7 Å². The first-order valence-electron chi connectivity index (χ1n) is 7.98. The number of halogens is 2. The summed E-state index contributed by atoms with van der Waals surface area (Å²) in [5, 5.41) is 18.1. The van der Waals surface area contributed by atoms with E-state index >= 15 is 0 Å². The minimum atomic E-state index is -0.727. The highest BCUT2D eigenvalue weighted by atomic mass is 79.9. The van der Waals surface area contributed by atoms with Crippen LogP contribution >= 0.6 is 15.9 Å². The molecule has 0 aliphatic carbocycles. The van der Waals surface area contributed by atoms with Gasteiger partial charge in [0.15, 0.2) is 5.69 Å². The fraction of sp³-hybridized carbons (Fsp3) is 0.333. The summed E-state index contributed by atoms with van der Waals surface area (Å²) < 4.78 is 24.5. The molecule has 0 saturated carbocycles. The third kappa shape index (κ3) is 3.15. The van der Waals surface area contributed by atoms with Crippen LogP contribution in [-0.4, -0.2) is 39.2 Å².